The Kier molecular flexibility index (Phi) is 7.15. The van der Waals surface area contributed by atoms with E-state index in [0.29, 0.717) is 26.9 Å². The average molecular weight is 612 g/mol. The predicted octanol–water partition coefficient (Wildman–Crippen LogP) is 5.27. The molecule has 2 N–H and O–H groups in total. The van der Waals surface area contributed by atoms with Crippen molar-refractivity contribution in [3.8, 4) is 5.75 Å². The zero-order valence-corrected chi connectivity index (χ0v) is 23.0. The van der Waals surface area contributed by atoms with E-state index in [4.69, 9.17) is 4.74 Å². The van der Waals surface area contributed by atoms with Crippen LogP contribution in [-0.4, -0.2) is 34.6 Å². The maximum absolute atomic E-state index is 13.8. The highest BCUT2D eigenvalue weighted by atomic mass is 32.2. The van der Waals surface area contributed by atoms with Gasteiger partial charge in [-0.1, -0.05) is 59.5 Å². The Balaban J connectivity index is 1.31. The smallest absolute Gasteiger partial charge is 0.416 e. The molecule has 3 aromatic carbocycles. The summed E-state index contributed by atoms with van der Waals surface area (Å²) in [5, 5.41) is 2.17. The van der Waals surface area contributed by atoms with E-state index in [-0.39, 0.29) is 23.1 Å². The molecule has 0 saturated carbocycles. The molecule has 2 aliphatic rings. The molecule has 3 atom stereocenters. The number of hydrogen-bond donors (Lipinski definition) is 2. The molecule has 0 spiro atoms. The fourth-order valence-corrected chi connectivity index (χ4v) is 7.63. The Hall–Kier alpha value is -4.36. The number of thiazole rings is 1. The first-order valence-electron chi connectivity index (χ1n) is 12.6. The number of carbonyl (C=O) groups is 3. The zero-order chi connectivity index (χ0) is 29.6. The summed E-state index contributed by atoms with van der Waals surface area (Å²) in [4.78, 5) is 55.8. The van der Waals surface area contributed by atoms with Gasteiger partial charge in [0.1, 0.15) is 11.0 Å². The lowest BCUT2D eigenvalue weighted by atomic mass is 9.83. The number of H-pyrrole nitrogens is 1. The molecule has 2 aliphatic heterocycles. The molecular formula is C29H20F3N3O5S2. The number of para-hydroxylation sites is 1. The van der Waals surface area contributed by atoms with Crippen LogP contribution in [0, 0.1) is 5.92 Å². The van der Waals surface area contributed by atoms with E-state index in [2.05, 4.69) is 10.3 Å². The minimum Gasteiger partial charge on any atom is -0.484 e. The molecule has 13 heteroatoms. The van der Waals surface area contributed by atoms with Gasteiger partial charge in [0.15, 0.2) is 6.61 Å². The number of hydrogen-bond acceptors (Lipinski definition) is 7. The lowest BCUT2D eigenvalue weighted by Gasteiger charge is -2.30. The highest BCUT2D eigenvalue weighted by molar-refractivity contribution is 8.00. The Bertz CT molecular complexity index is 1750. The minimum atomic E-state index is -4.66. The van der Waals surface area contributed by atoms with Gasteiger partial charge >= 0.3 is 11.0 Å². The largest absolute Gasteiger partial charge is 0.484 e. The first-order chi connectivity index (χ1) is 20.1. The van der Waals surface area contributed by atoms with Crippen molar-refractivity contribution in [3.05, 3.63) is 105 Å². The van der Waals surface area contributed by atoms with Crippen molar-refractivity contribution in [2.24, 2.45) is 5.92 Å². The van der Waals surface area contributed by atoms with Crippen molar-refractivity contribution in [1.29, 1.82) is 0 Å². The molecule has 3 amide bonds. The fourth-order valence-electron chi connectivity index (χ4n) is 5.12. The van der Waals surface area contributed by atoms with Crippen molar-refractivity contribution >= 4 is 52.2 Å². The van der Waals surface area contributed by atoms with Crippen LogP contribution in [0.4, 0.5) is 24.5 Å². The molecule has 6 rings (SSSR count). The third-order valence-electron chi connectivity index (χ3n) is 6.90. The summed E-state index contributed by atoms with van der Waals surface area (Å²) < 4.78 is 45.9. The van der Waals surface area contributed by atoms with Crippen molar-refractivity contribution in [1.82, 2.24) is 4.98 Å². The number of aromatic nitrogens is 1. The van der Waals surface area contributed by atoms with Gasteiger partial charge in [-0.05, 0) is 48.0 Å². The molecule has 8 nitrogen and oxygen atoms in total. The summed E-state index contributed by atoms with van der Waals surface area (Å²) in [7, 11) is 0. The van der Waals surface area contributed by atoms with Gasteiger partial charge in [0.2, 0.25) is 11.8 Å². The number of ether oxygens (including phenoxy) is 1. The number of fused-ring (bicyclic) bond motifs is 2. The van der Waals surface area contributed by atoms with Crippen LogP contribution in [0.2, 0.25) is 0 Å². The van der Waals surface area contributed by atoms with Crippen LogP contribution in [0.5, 0.6) is 5.75 Å². The van der Waals surface area contributed by atoms with Gasteiger partial charge in [-0.3, -0.25) is 19.2 Å². The summed E-state index contributed by atoms with van der Waals surface area (Å²) in [6, 6.07) is 19.6. The highest BCUT2D eigenvalue weighted by Gasteiger charge is 2.56. The molecule has 42 heavy (non-hydrogen) atoms. The van der Waals surface area contributed by atoms with Gasteiger partial charge in [0, 0.05) is 16.5 Å². The third kappa shape index (κ3) is 5.21. The van der Waals surface area contributed by atoms with E-state index in [1.54, 1.807) is 48.5 Å². The number of aromatic amines is 1. The van der Waals surface area contributed by atoms with Gasteiger partial charge in [-0.15, -0.1) is 0 Å². The fraction of sp³-hybridized carbons (Fsp3) is 0.172. The molecule has 0 aliphatic carbocycles. The standard InChI is InChI=1S/C29H20F3N3O5S2/c30-29(31,32)16-7-5-10-18(13-16)35-26(37)22-21(23-25(34-28(39)42-23)41-24(22)27(35)38)15-6-4-11-19(12-15)40-14-20(36)33-17-8-2-1-3-9-17/h1-13,21-22,24H,14H2,(H,33,36)(H,34,39)/t21-,22?,24?/m1/s1. The van der Waals surface area contributed by atoms with Gasteiger partial charge in [-0.25, -0.2) is 4.90 Å². The van der Waals surface area contributed by atoms with Crippen LogP contribution in [-0.2, 0) is 20.6 Å². The molecule has 0 radical (unpaired) electrons. The quantitative estimate of drug-likeness (QED) is 0.288. The van der Waals surface area contributed by atoms with Crippen LogP contribution in [0.1, 0.15) is 21.9 Å². The number of nitrogens with zero attached hydrogens (tertiary/aromatic N) is 1. The molecule has 214 valence electrons. The summed E-state index contributed by atoms with van der Waals surface area (Å²) in [5.74, 6) is -3.15. The molecule has 1 aromatic heterocycles. The first kappa shape index (κ1) is 27.8. The highest BCUT2D eigenvalue weighted by Crippen LogP contribution is 2.53. The number of thioether (sulfide) groups is 1. The van der Waals surface area contributed by atoms with Crippen LogP contribution in [0.15, 0.2) is 88.7 Å². The number of rotatable bonds is 6. The summed E-state index contributed by atoms with van der Waals surface area (Å²) in [6.07, 6.45) is -4.66. The second kappa shape index (κ2) is 10.8. The number of anilines is 2. The molecule has 3 heterocycles. The van der Waals surface area contributed by atoms with Gasteiger partial charge in [0.25, 0.3) is 5.91 Å². The van der Waals surface area contributed by atoms with E-state index in [1.165, 1.54) is 6.07 Å². The van der Waals surface area contributed by atoms with Gasteiger partial charge in [-0.2, -0.15) is 13.2 Å². The van der Waals surface area contributed by atoms with Crippen LogP contribution in [0.25, 0.3) is 0 Å². The molecule has 1 fully saturated rings. The number of alkyl halides is 3. The van der Waals surface area contributed by atoms with Crippen molar-refractivity contribution < 1.29 is 32.3 Å². The Morgan fingerprint density at radius 3 is 2.48 bits per heavy atom. The van der Waals surface area contributed by atoms with Crippen molar-refractivity contribution in [2.75, 3.05) is 16.8 Å². The second-order valence-electron chi connectivity index (χ2n) is 9.59. The van der Waals surface area contributed by atoms with E-state index in [1.807, 2.05) is 6.07 Å². The van der Waals surface area contributed by atoms with Crippen molar-refractivity contribution in [2.45, 2.75) is 22.4 Å². The Morgan fingerprint density at radius 2 is 1.71 bits per heavy atom. The minimum absolute atomic E-state index is 0.174. The summed E-state index contributed by atoms with van der Waals surface area (Å²) in [6.45, 7) is -0.297. The van der Waals surface area contributed by atoms with Crippen LogP contribution >= 0.6 is 23.1 Å². The van der Waals surface area contributed by atoms with Gasteiger partial charge < -0.3 is 15.0 Å². The number of imide groups is 1. The number of halogens is 3. The summed E-state index contributed by atoms with van der Waals surface area (Å²) >= 11 is 1.93. The molecule has 2 unspecified atom stereocenters. The summed E-state index contributed by atoms with van der Waals surface area (Å²) in [5.41, 5.74) is 0.00115. The Morgan fingerprint density at radius 1 is 0.952 bits per heavy atom. The predicted molar refractivity (Wildman–Crippen MR) is 151 cm³/mol. The van der Waals surface area contributed by atoms with E-state index < -0.39 is 40.6 Å². The number of amides is 3. The van der Waals surface area contributed by atoms with E-state index >= 15 is 0 Å². The van der Waals surface area contributed by atoms with Crippen LogP contribution in [0.3, 0.4) is 0 Å². The molecular weight excluding hydrogens is 591 g/mol. The topological polar surface area (TPSA) is 109 Å². The number of benzene rings is 3. The SMILES string of the molecule is O=C(COc1cccc([C@H]2c3sc(=O)[nH]c3SC3C(=O)N(c4cccc(C(F)(F)F)c4)C(=O)C32)c1)Nc1ccccc1. The Labute approximate surface area is 244 Å². The monoisotopic (exact) mass is 611 g/mol. The molecule has 4 aromatic rings. The van der Waals surface area contributed by atoms with Crippen LogP contribution < -0.4 is 19.8 Å². The number of carbonyl (C=O) groups excluding carboxylic acids is 3. The molecule has 1 saturated heterocycles. The molecule has 0 bridgehead atoms. The second-order valence-corrected chi connectivity index (χ2v) is 11.8. The maximum atomic E-state index is 13.8. The lowest BCUT2D eigenvalue weighted by molar-refractivity contribution is -0.137. The lowest BCUT2D eigenvalue weighted by Crippen LogP contribution is -2.32. The zero-order valence-electron chi connectivity index (χ0n) is 21.4. The van der Waals surface area contributed by atoms with E-state index in [9.17, 15) is 32.3 Å². The third-order valence-corrected chi connectivity index (χ3v) is 9.30. The van der Waals surface area contributed by atoms with E-state index in [0.717, 1.165) is 46.2 Å². The average Bonchev–Trinajstić information content (AvgIpc) is 3.46. The van der Waals surface area contributed by atoms with Gasteiger partial charge in [0.05, 0.1) is 22.2 Å². The van der Waals surface area contributed by atoms with Crippen molar-refractivity contribution in [3.63, 3.8) is 0 Å². The normalized spacial score (nSPS) is 19.8. The maximum Gasteiger partial charge on any atom is 0.416 e. The first-order valence-corrected chi connectivity index (χ1v) is 14.3. The number of nitrogens with one attached hydrogen (secondary N) is 2.